The minimum Gasteiger partial charge on any atom is -0.497 e. The Bertz CT molecular complexity index is 1460. The highest BCUT2D eigenvalue weighted by Gasteiger charge is 2.20. The molecule has 0 bridgehead atoms. The van der Waals surface area contributed by atoms with Crippen LogP contribution in [-0.2, 0) is 4.79 Å². The largest absolute Gasteiger partial charge is 0.497 e. The summed E-state index contributed by atoms with van der Waals surface area (Å²) in [6, 6.07) is 15.1. The van der Waals surface area contributed by atoms with E-state index in [-0.39, 0.29) is 17.5 Å². The topological polar surface area (TPSA) is 115 Å². The maximum atomic E-state index is 12.4. The molecule has 2 N–H and O–H groups in total. The summed E-state index contributed by atoms with van der Waals surface area (Å²) < 4.78 is 7.13. The van der Waals surface area contributed by atoms with Crippen molar-refractivity contribution in [3.63, 3.8) is 0 Å². The summed E-state index contributed by atoms with van der Waals surface area (Å²) >= 11 is 2.20. The van der Waals surface area contributed by atoms with E-state index < -0.39 is 0 Å². The molecule has 2 aromatic carbocycles. The highest BCUT2D eigenvalue weighted by molar-refractivity contribution is 8.15. The summed E-state index contributed by atoms with van der Waals surface area (Å²) in [6.07, 6.45) is 3.54. The van der Waals surface area contributed by atoms with E-state index in [1.807, 2.05) is 48.5 Å². The Morgan fingerprint density at radius 2 is 2.00 bits per heavy atom. The molecule has 0 atom stereocenters. The Morgan fingerprint density at radius 3 is 2.80 bits per heavy atom. The Morgan fingerprint density at radius 1 is 1.20 bits per heavy atom. The number of benzene rings is 2. The summed E-state index contributed by atoms with van der Waals surface area (Å²) in [6.45, 7) is 1.90. The second-order valence-electron chi connectivity index (χ2n) is 7.48. The third-order valence-corrected chi connectivity index (χ3v) is 7.04. The standard InChI is InChI=1S/C24H20N6O3S2/c1-14-27-20(11-15-12-26-19-6-4-3-5-18(15)19)22(32)30(14)23-28-29-24(35-23)34-21(31)13-25-16-7-9-17(33-2)10-8-16/h3-12,25,32H,13H2,1-2H3/b15-11+. The number of aliphatic imine (C=N–C) groups is 1. The number of nitrogens with zero attached hydrogens (tertiary/aromatic N) is 5. The lowest BCUT2D eigenvalue weighted by Crippen LogP contribution is -2.10. The van der Waals surface area contributed by atoms with Crippen LogP contribution in [0.4, 0.5) is 11.4 Å². The molecule has 9 nitrogen and oxygen atoms in total. The number of thioether (sulfide) groups is 1. The molecule has 1 aliphatic heterocycles. The van der Waals surface area contributed by atoms with Gasteiger partial charge in [0.05, 0.1) is 19.3 Å². The van der Waals surface area contributed by atoms with Gasteiger partial charge in [-0.3, -0.25) is 9.79 Å². The molecular weight excluding hydrogens is 484 g/mol. The zero-order chi connectivity index (χ0) is 24.4. The lowest BCUT2D eigenvalue weighted by atomic mass is 10.1. The average molecular weight is 505 g/mol. The van der Waals surface area contributed by atoms with Crippen LogP contribution in [0.5, 0.6) is 11.6 Å². The van der Waals surface area contributed by atoms with E-state index in [0.717, 1.165) is 40.0 Å². The second kappa shape index (κ2) is 9.72. The number of aromatic hydroxyl groups is 1. The summed E-state index contributed by atoms with van der Waals surface area (Å²) in [5.74, 6) is 1.25. The molecule has 0 radical (unpaired) electrons. The van der Waals surface area contributed by atoms with Crippen molar-refractivity contribution in [1.29, 1.82) is 0 Å². The Hall–Kier alpha value is -3.96. The van der Waals surface area contributed by atoms with Crippen molar-refractivity contribution >= 4 is 57.5 Å². The number of carbonyl (C=O) groups is 1. The smallest absolute Gasteiger partial charge is 0.225 e. The number of hydrogen-bond donors (Lipinski definition) is 2. The number of aromatic nitrogens is 4. The summed E-state index contributed by atoms with van der Waals surface area (Å²) in [5.41, 5.74) is 3.95. The fourth-order valence-electron chi connectivity index (χ4n) is 3.52. The quantitative estimate of drug-likeness (QED) is 0.347. The van der Waals surface area contributed by atoms with Gasteiger partial charge in [0.2, 0.25) is 16.1 Å². The molecule has 0 amide bonds. The molecular formula is C24H20N6O3S2. The van der Waals surface area contributed by atoms with Gasteiger partial charge in [-0.1, -0.05) is 29.5 Å². The van der Waals surface area contributed by atoms with Crippen LogP contribution in [-0.4, -0.2) is 49.8 Å². The van der Waals surface area contributed by atoms with Crippen molar-refractivity contribution in [1.82, 2.24) is 19.7 Å². The number of carbonyl (C=O) groups excluding carboxylic acids is 1. The van der Waals surface area contributed by atoms with Crippen LogP contribution in [0.3, 0.4) is 0 Å². The van der Waals surface area contributed by atoms with Crippen LogP contribution < -0.4 is 10.1 Å². The van der Waals surface area contributed by atoms with Gasteiger partial charge in [0.1, 0.15) is 17.3 Å². The van der Waals surface area contributed by atoms with Gasteiger partial charge < -0.3 is 15.2 Å². The first-order chi connectivity index (χ1) is 17.0. The first-order valence-corrected chi connectivity index (χ1v) is 12.2. The van der Waals surface area contributed by atoms with Gasteiger partial charge in [0.25, 0.3) is 0 Å². The van der Waals surface area contributed by atoms with Gasteiger partial charge in [0, 0.05) is 23.0 Å². The summed E-state index contributed by atoms with van der Waals surface area (Å²) in [7, 11) is 1.60. The number of ether oxygens (including phenoxy) is 1. The van der Waals surface area contributed by atoms with Gasteiger partial charge in [-0.15, -0.1) is 10.2 Å². The fourth-order valence-corrected chi connectivity index (χ4v) is 5.24. The maximum absolute atomic E-state index is 12.4. The Kier molecular flexibility index (Phi) is 6.34. The molecule has 3 heterocycles. The number of rotatable bonds is 7. The van der Waals surface area contributed by atoms with Gasteiger partial charge in [0.15, 0.2) is 4.34 Å². The molecule has 2 aromatic heterocycles. The number of allylic oxidation sites excluding steroid dienone is 1. The Balaban J connectivity index is 1.28. The first-order valence-electron chi connectivity index (χ1n) is 10.6. The molecule has 0 unspecified atom stereocenters. The van der Waals surface area contributed by atoms with Crippen molar-refractivity contribution in [3.8, 4) is 16.8 Å². The third kappa shape index (κ3) is 4.81. The Labute approximate surface area is 209 Å². The zero-order valence-corrected chi connectivity index (χ0v) is 20.4. The first kappa shape index (κ1) is 22.8. The van der Waals surface area contributed by atoms with Crippen LogP contribution in [0.1, 0.15) is 17.1 Å². The molecule has 0 aliphatic carbocycles. The molecule has 0 saturated heterocycles. The highest BCUT2D eigenvalue weighted by Crippen LogP contribution is 2.35. The van der Waals surface area contributed by atoms with Gasteiger partial charge >= 0.3 is 0 Å². The van der Waals surface area contributed by atoms with Crippen LogP contribution in [0, 0.1) is 6.92 Å². The lowest BCUT2D eigenvalue weighted by Gasteiger charge is -2.05. The number of aryl methyl sites for hydroxylation is 1. The van der Waals surface area contributed by atoms with E-state index in [9.17, 15) is 9.90 Å². The molecule has 0 fully saturated rings. The summed E-state index contributed by atoms with van der Waals surface area (Å²) in [4.78, 5) is 21.3. The van der Waals surface area contributed by atoms with E-state index in [0.29, 0.717) is 21.0 Å². The average Bonchev–Trinajstić information content (AvgIpc) is 3.56. The van der Waals surface area contributed by atoms with Gasteiger partial charge in [-0.2, -0.15) is 0 Å². The minimum atomic E-state index is -0.111. The van der Waals surface area contributed by atoms with Crippen LogP contribution in [0.25, 0.3) is 16.8 Å². The molecule has 0 spiro atoms. The molecule has 0 saturated carbocycles. The van der Waals surface area contributed by atoms with E-state index in [1.165, 1.54) is 15.9 Å². The van der Waals surface area contributed by atoms with E-state index in [1.54, 1.807) is 26.3 Å². The predicted octanol–water partition coefficient (Wildman–Crippen LogP) is 4.73. The third-order valence-electron chi connectivity index (χ3n) is 5.21. The predicted molar refractivity (Wildman–Crippen MR) is 138 cm³/mol. The van der Waals surface area contributed by atoms with Crippen LogP contribution in [0.15, 0.2) is 57.9 Å². The molecule has 35 heavy (non-hydrogen) atoms. The number of para-hydroxylation sites is 1. The number of imidazole rings is 1. The molecule has 11 heteroatoms. The SMILES string of the molecule is COc1ccc(NCC(=O)Sc2nnc(-n3c(C)nc(/C=C4\C=Nc5ccccc54)c3O)s2)cc1. The molecule has 5 rings (SSSR count). The zero-order valence-electron chi connectivity index (χ0n) is 18.8. The lowest BCUT2D eigenvalue weighted by molar-refractivity contribution is -0.109. The highest BCUT2D eigenvalue weighted by atomic mass is 32.2. The second-order valence-corrected chi connectivity index (χ2v) is 9.75. The van der Waals surface area contributed by atoms with E-state index >= 15 is 0 Å². The minimum absolute atomic E-state index is 0.0482. The van der Waals surface area contributed by atoms with Crippen molar-refractivity contribution in [2.75, 3.05) is 19.0 Å². The number of fused-ring (bicyclic) bond motifs is 1. The number of nitrogens with one attached hydrogen (secondary N) is 1. The van der Waals surface area contributed by atoms with E-state index in [2.05, 4.69) is 25.5 Å². The summed E-state index contributed by atoms with van der Waals surface area (Å²) in [5, 5.41) is 22.5. The van der Waals surface area contributed by atoms with Crippen molar-refractivity contribution < 1.29 is 14.6 Å². The van der Waals surface area contributed by atoms with Crippen LogP contribution in [0.2, 0.25) is 0 Å². The fraction of sp³-hybridized carbons (Fsp3) is 0.125. The normalized spacial score (nSPS) is 13.3. The van der Waals surface area contributed by atoms with Gasteiger partial charge in [-0.25, -0.2) is 9.55 Å². The number of methoxy groups -OCH3 is 1. The van der Waals surface area contributed by atoms with Gasteiger partial charge in [-0.05, 0) is 55.1 Å². The van der Waals surface area contributed by atoms with Crippen molar-refractivity contribution in [2.45, 2.75) is 11.3 Å². The maximum Gasteiger partial charge on any atom is 0.225 e. The molecule has 176 valence electrons. The number of hydrogen-bond acceptors (Lipinski definition) is 10. The van der Waals surface area contributed by atoms with Crippen LogP contribution >= 0.6 is 23.1 Å². The number of anilines is 1. The van der Waals surface area contributed by atoms with Crippen molar-refractivity contribution in [3.05, 3.63) is 65.6 Å². The molecule has 4 aromatic rings. The van der Waals surface area contributed by atoms with Crippen molar-refractivity contribution in [2.24, 2.45) is 4.99 Å². The van der Waals surface area contributed by atoms with E-state index in [4.69, 9.17) is 4.74 Å². The molecule has 1 aliphatic rings. The monoisotopic (exact) mass is 504 g/mol.